The van der Waals surface area contributed by atoms with Gasteiger partial charge in [0.25, 0.3) is 0 Å². The molecule has 5 heteroatoms. The normalized spacial score (nSPS) is 15.2. The summed E-state index contributed by atoms with van der Waals surface area (Å²) in [6, 6.07) is 89.9. The van der Waals surface area contributed by atoms with Gasteiger partial charge < -0.3 is 14.5 Å². The monoisotopic (exact) mass is 885 g/mol. The van der Waals surface area contributed by atoms with Crippen LogP contribution in [-0.2, 0) is 0 Å². The summed E-state index contributed by atoms with van der Waals surface area (Å²) in [5, 5.41) is 8.86. The quantitative estimate of drug-likeness (QED) is 0.165. The Balaban J connectivity index is 1.03. The summed E-state index contributed by atoms with van der Waals surface area (Å²) in [7, 11) is 2.20. The average Bonchev–Trinajstić information content (AvgIpc) is 3.93. The molecule has 1 aliphatic heterocycles. The first-order valence-corrected chi connectivity index (χ1v) is 23.7. The van der Waals surface area contributed by atoms with Gasteiger partial charge in [-0.1, -0.05) is 218 Å². The molecule has 1 aliphatic rings. The fourth-order valence-electron chi connectivity index (χ4n) is 10.7. The van der Waals surface area contributed by atoms with Crippen LogP contribution in [0.1, 0.15) is 23.6 Å². The van der Waals surface area contributed by atoms with Gasteiger partial charge in [0.1, 0.15) is 12.0 Å². The fourth-order valence-corrected chi connectivity index (χ4v) is 10.7. The number of amidine groups is 1. The molecule has 2 unspecified atom stereocenters. The number of hydrogen-bond acceptors (Lipinski definition) is 3. The average molecular weight is 886 g/mol. The molecule has 3 heterocycles. The van der Waals surface area contributed by atoms with Gasteiger partial charge in [-0.3, -0.25) is 0 Å². The van der Waals surface area contributed by atoms with E-state index in [-0.39, 0.29) is 12.5 Å². The van der Waals surface area contributed by atoms with Crippen LogP contribution in [0.15, 0.2) is 254 Å². The van der Waals surface area contributed by atoms with Crippen molar-refractivity contribution in [2.45, 2.75) is 12.5 Å². The van der Waals surface area contributed by atoms with Crippen LogP contribution in [0.25, 0.3) is 93.8 Å². The molecule has 1 N–H and O–H groups in total. The van der Waals surface area contributed by atoms with E-state index in [2.05, 4.69) is 275 Å². The van der Waals surface area contributed by atoms with Crippen molar-refractivity contribution in [2.75, 3.05) is 7.05 Å². The molecule has 0 radical (unpaired) electrons. The molecule has 2 atom stereocenters. The second-order valence-electron chi connectivity index (χ2n) is 18.0. The van der Waals surface area contributed by atoms with Crippen LogP contribution in [0.2, 0.25) is 0 Å². The number of benzene rings is 10. The number of rotatable bonds is 8. The predicted octanol–water partition coefficient (Wildman–Crippen LogP) is 15.7. The molecule has 13 rings (SSSR count). The molecule has 328 valence electrons. The maximum atomic E-state index is 5.55. The summed E-state index contributed by atoms with van der Waals surface area (Å²) in [6.45, 7) is 0. The van der Waals surface area contributed by atoms with Crippen molar-refractivity contribution in [1.29, 1.82) is 0 Å². The third-order valence-corrected chi connectivity index (χ3v) is 14.0. The van der Waals surface area contributed by atoms with E-state index in [9.17, 15) is 0 Å². The summed E-state index contributed by atoms with van der Waals surface area (Å²) < 4.78 is 5.00. The van der Waals surface area contributed by atoms with Crippen molar-refractivity contribution < 1.29 is 0 Å². The second kappa shape index (κ2) is 16.8. The molecule has 0 spiro atoms. The molecule has 0 fully saturated rings. The van der Waals surface area contributed by atoms with E-state index < -0.39 is 0 Å². The molecular weight excluding hydrogens is 839 g/mol. The minimum Gasteiger partial charge on any atom is -0.337 e. The highest BCUT2D eigenvalue weighted by atomic mass is 15.5. The van der Waals surface area contributed by atoms with Crippen LogP contribution >= 0.6 is 0 Å². The van der Waals surface area contributed by atoms with Gasteiger partial charge in [0.05, 0.1) is 27.8 Å². The number of fused-ring (bicyclic) bond motifs is 6. The summed E-state index contributed by atoms with van der Waals surface area (Å²) in [5.74, 6) is 0.848. The van der Waals surface area contributed by atoms with Crippen LogP contribution in [0.3, 0.4) is 0 Å². The zero-order chi connectivity index (χ0) is 45.8. The van der Waals surface area contributed by atoms with Crippen molar-refractivity contribution >= 4 is 49.4 Å². The van der Waals surface area contributed by atoms with Gasteiger partial charge >= 0.3 is 0 Å². The number of para-hydroxylation sites is 2. The Bertz CT molecular complexity index is 3850. The lowest BCUT2D eigenvalue weighted by molar-refractivity contribution is 0.104. The standard InChI is InChI=1S/C64H47N5/c1-67-63(50-39-35-46(36-40-50)44-21-8-3-9-22-44)65-62(49-37-33-45(34-38-49)43-19-6-2-7-20-43)66-64(67)69-57-31-17-15-28-53(57)55-41-54-52-27-14-16-30-56(52)68(59(54)42-60(55)69)58-32-18-29-51(47-23-10-4-11-24-47)61(58)48-25-12-5-13-26-48/h2-42,63-64H,1H3,(H,65,66). The minimum absolute atomic E-state index is 0.287. The first-order valence-electron chi connectivity index (χ1n) is 23.7. The van der Waals surface area contributed by atoms with E-state index >= 15 is 0 Å². The molecule has 0 saturated heterocycles. The van der Waals surface area contributed by atoms with Crippen LogP contribution in [-0.4, -0.2) is 26.9 Å². The van der Waals surface area contributed by atoms with E-state index in [4.69, 9.17) is 4.99 Å². The van der Waals surface area contributed by atoms with Crippen molar-refractivity contribution in [3.63, 3.8) is 0 Å². The third kappa shape index (κ3) is 6.94. The zero-order valence-corrected chi connectivity index (χ0v) is 38.1. The number of hydrogen-bond donors (Lipinski definition) is 1. The molecule has 0 saturated carbocycles. The lowest BCUT2D eigenvalue weighted by Gasteiger charge is -2.40. The first-order chi connectivity index (χ1) is 34.2. The summed E-state index contributed by atoms with van der Waals surface area (Å²) >= 11 is 0. The molecule has 0 bridgehead atoms. The first kappa shape index (κ1) is 40.5. The number of nitrogens with zero attached hydrogens (tertiary/aromatic N) is 4. The van der Waals surface area contributed by atoms with Crippen LogP contribution in [0.4, 0.5) is 0 Å². The Kier molecular flexibility index (Phi) is 9.88. The van der Waals surface area contributed by atoms with E-state index in [0.29, 0.717) is 0 Å². The highest BCUT2D eigenvalue weighted by molar-refractivity contribution is 6.19. The van der Waals surface area contributed by atoms with Gasteiger partial charge in [-0.05, 0) is 81.9 Å². The van der Waals surface area contributed by atoms with Gasteiger partial charge in [0, 0.05) is 32.7 Å². The molecular formula is C64H47N5. The molecule has 2 aromatic heterocycles. The summed E-state index contributed by atoms with van der Waals surface area (Å²) in [6.07, 6.45) is -0.602. The topological polar surface area (TPSA) is 37.5 Å². The Labute approximate surface area is 401 Å². The van der Waals surface area contributed by atoms with Crippen molar-refractivity contribution in [2.24, 2.45) is 4.99 Å². The van der Waals surface area contributed by atoms with Gasteiger partial charge in [-0.25, -0.2) is 9.89 Å². The van der Waals surface area contributed by atoms with Gasteiger partial charge in [-0.15, -0.1) is 0 Å². The molecule has 69 heavy (non-hydrogen) atoms. The number of aromatic nitrogens is 2. The Hall–Kier alpha value is -8.77. The largest absolute Gasteiger partial charge is 0.337 e. The van der Waals surface area contributed by atoms with Crippen molar-refractivity contribution in [3.05, 3.63) is 260 Å². The molecule has 0 aliphatic carbocycles. The van der Waals surface area contributed by atoms with E-state index in [1.165, 1.54) is 71.6 Å². The Morgan fingerprint density at radius 3 is 1.51 bits per heavy atom. The van der Waals surface area contributed by atoms with Crippen LogP contribution in [0.5, 0.6) is 0 Å². The Morgan fingerprint density at radius 2 is 0.870 bits per heavy atom. The highest BCUT2D eigenvalue weighted by Crippen LogP contribution is 2.45. The van der Waals surface area contributed by atoms with Gasteiger partial charge in [-0.2, -0.15) is 0 Å². The molecule has 5 nitrogen and oxygen atoms in total. The minimum atomic E-state index is -0.316. The predicted molar refractivity (Wildman–Crippen MR) is 288 cm³/mol. The maximum absolute atomic E-state index is 5.55. The number of nitrogens with one attached hydrogen (secondary N) is 1. The van der Waals surface area contributed by atoms with E-state index in [0.717, 1.165) is 39.2 Å². The number of aliphatic imine (C=N–C) groups is 1. The lowest BCUT2D eigenvalue weighted by Crippen LogP contribution is -2.48. The van der Waals surface area contributed by atoms with Crippen LogP contribution < -0.4 is 5.32 Å². The molecule has 12 aromatic rings. The van der Waals surface area contributed by atoms with Crippen molar-refractivity contribution in [3.8, 4) is 50.2 Å². The lowest BCUT2D eigenvalue weighted by atomic mass is 9.93. The smallest absolute Gasteiger partial charge is 0.165 e. The highest BCUT2D eigenvalue weighted by Gasteiger charge is 2.34. The molecule has 0 amide bonds. The Morgan fingerprint density at radius 1 is 0.377 bits per heavy atom. The second-order valence-corrected chi connectivity index (χ2v) is 18.0. The summed E-state index contributed by atoms with van der Waals surface area (Å²) in [4.78, 5) is 7.92. The third-order valence-electron chi connectivity index (χ3n) is 14.0. The van der Waals surface area contributed by atoms with E-state index in [1.807, 2.05) is 0 Å². The van der Waals surface area contributed by atoms with Crippen LogP contribution in [0, 0.1) is 0 Å². The van der Waals surface area contributed by atoms with Crippen molar-refractivity contribution in [1.82, 2.24) is 19.4 Å². The van der Waals surface area contributed by atoms with Gasteiger partial charge in [0.15, 0.2) is 6.29 Å². The fraction of sp³-hybridized carbons (Fsp3) is 0.0469. The summed E-state index contributed by atoms with van der Waals surface area (Å²) in [5.41, 5.74) is 17.4. The SMILES string of the molecule is CN1C(c2ccc(-c3ccccc3)cc2)N=C(c2ccc(-c3ccccc3)cc2)NC1n1c2ccccc2c2cc3c4ccccc4n(-c4cccc(-c5ccccc5)c4-c4ccccc4)c3cc21. The zero-order valence-electron chi connectivity index (χ0n) is 38.1. The van der Waals surface area contributed by atoms with E-state index in [1.54, 1.807) is 0 Å². The van der Waals surface area contributed by atoms with Gasteiger partial charge in [0.2, 0.25) is 0 Å². The maximum Gasteiger partial charge on any atom is 0.165 e. The molecule has 10 aromatic carbocycles.